The van der Waals surface area contributed by atoms with Crippen LogP contribution in [0.3, 0.4) is 0 Å². The van der Waals surface area contributed by atoms with Crippen LogP contribution >= 0.6 is 11.3 Å². The highest BCUT2D eigenvalue weighted by molar-refractivity contribution is 7.09. The summed E-state index contributed by atoms with van der Waals surface area (Å²) in [4.78, 5) is 1.31. The normalized spacial score (nSPS) is 12.4. The zero-order chi connectivity index (χ0) is 13.7. The van der Waals surface area contributed by atoms with Crippen molar-refractivity contribution < 1.29 is 9.13 Å². The Morgan fingerprint density at radius 3 is 2.89 bits per heavy atom. The van der Waals surface area contributed by atoms with E-state index in [9.17, 15) is 4.39 Å². The van der Waals surface area contributed by atoms with Crippen molar-refractivity contribution in [3.05, 3.63) is 52.0 Å². The van der Waals surface area contributed by atoms with Gasteiger partial charge < -0.3 is 10.1 Å². The Labute approximate surface area is 117 Å². The first kappa shape index (κ1) is 14.0. The van der Waals surface area contributed by atoms with Crippen molar-refractivity contribution in [1.82, 2.24) is 5.32 Å². The van der Waals surface area contributed by atoms with Crippen LogP contribution in [-0.4, -0.2) is 12.6 Å². The summed E-state index contributed by atoms with van der Waals surface area (Å²) in [5, 5.41) is 5.42. The first-order chi connectivity index (χ1) is 9.15. The van der Waals surface area contributed by atoms with Gasteiger partial charge in [0.25, 0.3) is 0 Å². The Hall–Kier alpha value is -1.39. The lowest BCUT2D eigenvalue weighted by atomic mass is 10.2. The molecule has 1 aromatic heterocycles. The second-order valence-corrected chi connectivity index (χ2v) is 5.58. The van der Waals surface area contributed by atoms with Crippen molar-refractivity contribution in [2.24, 2.45) is 0 Å². The number of benzene rings is 1. The fraction of sp³-hybridized carbons (Fsp3) is 0.333. The Morgan fingerprint density at radius 1 is 1.37 bits per heavy atom. The molecular formula is C15H18FNOS. The molecule has 1 aromatic carbocycles. The fourth-order valence-electron chi connectivity index (χ4n) is 1.82. The highest BCUT2D eigenvalue weighted by atomic mass is 32.1. The Bertz CT molecular complexity index is 513. The van der Waals surface area contributed by atoms with Gasteiger partial charge in [0.2, 0.25) is 0 Å². The molecule has 4 heteroatoms. The van der Waals surface area contributed by atoms with Gasteiger partial charge in [0, 0.05) is 18.0 Å². The number of halogens is 1. The summed E-state index contributed by atoms with van der Waals surface area (Å²) in [6, 6.07) is 8.74. The van der Waals surface area contributed by atoms with E-state index in [2.05, 4.69) is 16.8 Å². The van der Waals surface area contributed by atoms with Crippen molar-refractivity contribution >= 4 is 11.3 Å². The van der Waals surface area contributed by atoms with E-state index in [-0.39, 0.29) is 11.9 Å². The van der Waals surface area contributed by atoms with Gasteiger partial charge in [0.15, 0.2) is 0 Å². The monoisotopic (exact) mass is 279 g/mol. The van der Waals surface area contributed by atoms with Gasteiger partial charge in [-0.1, -0.05) is 6.07 Å². The molecule has 1 unspecified atom stereocenters. The first-order valence-corrected chi connectivity index (χ1v) is 7.19. The number of aryl methyl sites for hydroxylation is 1. The second-order valence-electron chi connectivity index (χ2n) is 4.55. The Morgan fingerprint density at radius 2 is 2.21 bits per heavy atom. The summed E-state index contributed by atoms with van der Waals surface area (Å²) < 4.78 is 18.8. The summed E-state index contributed by atoms with van der Waals surface area (Å²) in [5.74, 6) is 0.514. The molecule has 0 saturated carbocycles. The molecule has 1 N–H and O–H groups in total. The van der Waals surface area contributed by atoms with Gasteiger partial charge in [-0.05, 0) is 49.1 Å². The van der Waals surface area contributed by atoms with Gasteiger partial charge in [-0.2, -0.15) is 0 Å². The van der Waals surface area contributed by atoms with Crippen LogP contribution in [0.25, 0.3) is 0 Å². The van der Waals surface area contributed by atoms with Gasteiger partial charge in [-0.15, -0.1) is 11.3 Å². The molecule has 0 saturated heterocycles. The van der Waals surface area contributed by atoms with E-state index < -0.39 is 0 Å². The van der Waals surface area contributed by atoms with Gasteiger partial charge in [0.1, 0.15) is 17.7 Å². The minimum Gasteiger partial charge on any atom is -0.489 e. The standard InChI is InChI=1S/C15H18FNOS/c1-11-8-13(16)5-6-15(11)18-12(2)9-17-10-14-4-3-7-19-14/h3-8,12,17H,9-10H2,1-2H3. The molecule has 102 valence electrons. The highest BCUT2D eigenvalue weighted by Gasteiger charge is 2.07. The number of thiophene rings is 1. The summed E-state index contributed by atoms with van der Waals surface area (Å²) in [7, 11) is 0. The molecule has 1 atom stereocenters. The largest absolute Gasteiger partial charge is 0.489 e. The molecule has 2 nitrogen and oxygen atoms in total. The van der Waals surface area contributed by atoms with E-state index in [1.165, 1.54) is 17.0 Å². The van der Waals surface area contributed by atoms with Crippen LogP contribution < -0.4 is 10.1 Å². The van der Waals surface area contributed by atoms with Crippen LogP contribution in [0.2, 0.25) is 0 Å². The van der Waals surface area contributed by atoms with Crippen molar-refractivity contribution in [3.63, 3.8) is 0 Å². The number of ether oxygens (including phenoxy) is 1. The van der Waals surface area contributed by atoms with Crippen LogP contribution in [0.4, 0.5) is 4.39 Å². The molecule has 2 rings (SSSR count). The molecule has 0 aliphatic carbocycles. The highest BCUT2D eigenvalue weighted by Crippen LogP contribution is 2.19. The van der Waals surface area contributed by atoms with E-state index in [4.69, 9.17) is 4.74 Å². The predicted molar refractivity (Wildman–Crippen MR) is 77.3 cm³/mol. The molecule has 0 spiro atoms. The summed E-state index contributed by atoms with van der Waals surface area (Å²) in [6.45, 7) is 5.47. The SMILES string of the molecule is Cc1cc(F)ccc1OC(C)CNCc1cccs1. The summed E-state index contributed by atoms with van der Waals surface area (Å²) in [6.07, 6.45) is 0.0455. The molecule has 1 heterocycles. The van der Waals surface area contributed by atoms with Crippen LogP contribution in [-0.2, 0) is 6.54 Å². The molecule has 19 heavy (non-hydrogen) atoms. The number of hydrogen-bond donors (Lipinski definition) is 1. The molecule has 0 fully saturated rings. The maximum absolute atomic E-state index is 13.0. The molecule has 0 aliphatic rings. The van der Waals surface area contributed by atoms with E-state index >= 15 is 0 Å². The van der Waals surface area contributed by atoms with Crippen molar-refractivity contribution in [2.75, 3.05) is 6.54 Å². The third kappa shape index (κ3) is 4.33. The first-order valence-electron chi connectivity index (χ1n) is 6.31. The Balaban J connectivity index is 1.79. The summed E-state index contributed by atoms with van der Waals surface area (Å²) >= 11 is 1.74. The van der Waals surface area contributed by atoms with E-state index in [0.29, 0.717) is 0 Å². The third-order valence-electron chi connectivity index (χ3n) is 2.78. The average Bonchev–Trinajstić information content (AvgIpc) is 2.86. The molecule has 2 aromatic rings. The minimum atomic E-state index is -0.228. The maximum atomic E-state index is 13.0. The second kappa shape index (κ2) is 6.68. The van der Waals surface area contributed by atoms with Gasteiger partial charge in [-0.3, -0.25) is 0 Å². The lowest BCUT2D eigenvalue weighted by Gasteiger charge is -2.16. The average molecular weight is 279 g/mol. The van der Waals surface area contributed by atoms with E-state index in [1.54, 1.807) is 17.4 Å². The number of nitrogens with one attached hydrogen (secondary N) is 1. The summed E-state index contributed by atoms with van der Waals surface area (Å²) in [5.41, 5.74) is 0.824. The Kier molecular flexibility index (Phi) is 4.93. The van der Waals surface area contributed by atoms with Crippen LogP contribution in [0.1, 0.15) is 17.4 Å². The molecule has 0 radical (unpaired) electrons. The molecule has 0 amide bonds. The third-order valence-corrected chi connectivity index (χ3v) is 3.65. The smallest absolute Gasteiger partial charge is 0.123 e. The van der Waals surface area contributed by atoms with E-state index in [0.717, 1.165) is 24.4 Å². The van der Waals surface area contributed by atoms with E-state index in [1.807, 2.05) is 19.9 Å². The number of rotatable bonds is 6. The zero-order valence-electron chi connectivity index (χ0n) is 11.2. The van der Waals surface area contributed by atoms with Crippen molar-refractivity contribution in [2.45, 2.75) is 26.5 Å². The predicted octanol–water partition coefficient (Wildman–Crippen LogP) is 3.75. The van der Waals surface area contributed by atoms with Gasteiger partial charge in [-0.25, -0.2) is 4.39 Å². The fourth-order valence-corrected chi connectivity index (χ4v) is 2.49. The molecule has 0 bridgehead atoms. The van der Waals surface area contributed by atoms with Crippen LogP contribution in [0.5, 0.6) is 5.75 Å². The van der Waals surface area contributed by atoms with Gasteiger partial charge in [0.05, 0.1) is 0 Å². The van der Waals surface area contributed by atoms with Crippen LogP contribution in [0, 0.1) is 12.7 Å². The van der Waals surface area contributed by atoms with Crippen molar-refractivity contribution in [1.29, 1.82) is 0 Å². The van der Waals surface area contributed by atoms with Gasteiger partial charge >= 0.3 is 0 Å². The minimum absolute atomic E-state index is 0.0455. The number of hydrogen-bond acceptors (Lipinski definition) is 3. The van der Waals surface area contributed by atoms with Crippen molar-refractivity contribution in [3.8, 4) is 5.75 Å². The maximum Gasteiger partial charge on any atom is 0.123 e. The zero-order valence-corrected chi connectivity index (χ0v) is 12.0. The lowest BCUT2D eigenvalue weighted by molar-refractivity contribution is 0.215. The quantitative estimate of drug-likeness (QED) is 0.869. The molecular weight excluding hydrogens is 261 g/mol. The topological polar surface area (TPSA) is 21.3 Å². The molecule has 0 aliphatic heterocycles. The lowest BCUT2D eigenvalue weighted by Crippen LogP contribution is -2.28. The van der Waals surface area contributed by atoms with Crippen LogP contribution in [0.15, 0.2) is 35.7 Å².